The Hall–Kier alpha value is -3.65. The number of rotatable bonds is 4. The molecule has 7 nitrogen and oxygen atoms in total. The zero-order chi connectivity index (χ0) is 22.2. The highest BCUT2D eigenvalue weighted by atomic mass is 32.2. The van der Waals surface area contributed by atoms with Crippen molar-refractivity contribution in [2.45, 2.75) is 23.3 Å². The molecule has 1 N–H and O–H groups in total. The average Bonchev–Trinajstić information content (AvgIpc) is 3.27. The fourth-order valence-electron chi connectivity index (χ4n) is 3.85. The molecule has 5 rings (SSSR count). The predicted octanol–water partition coefficient (Wildman–Crippen LogP) is 3.49. The van der Waals surface area contributed by atoms with Crippen molar-refractivity contribution in [2.75, 3.05) is 18.2 Å². The normalized spacial score (nSPS) is 16.2. The summed E-state index contributed by atoms with van der Waals surface area (Å²) >= 11 is 0. The number of benzene rings is 3. The highest BCUT2D eigenvalue weighted by Crippen LogP contribution is 2.35. The van der Waals surface area contributed by atoms with Gasteiger partial charge in [-0.2, -0.15) is 0 Å². The van der Waals surface area contributed by atoms with Crippen LogP contribution in [-0.2, 0) is 17.3 Å². The minimum absolute atomic E-state index is 0.193. The molecule has 2 aliphatic heterocycles. The van der Waals surface area contributed by atoms with E-state index >= 15 is 0 Å². The summed E-state index contributed by atoms with van der Waals surface area (Å²) in [4.78, 5) is 28.5. The monoisotopic (exact) mass is 448 g/mol. The van der Waals surface area contributed by atoms with E-state index in [4.69, 9.17) is 9.47 Å². The lowest BCUT2D eigenvalue weighted by atomic mass is 10.1. The van der Waals surface area contributed by atoms with Gasteiger partial charge in [-0.3, -0.25) is 9.59 Å². The van der Waals surface area contributed by atoms with E-state index in [-0.39, 0.29) is 18.6 Å². The van der Waals surface area contributed by atoms with Crippen molar-refractivity contribution in [1.82, 2.24) is 5.32 Å². The molecule has 3 aromatic rings. The van der Waals surface area contributed by atoms with Gasteiger partial charge in [0.05, 0.1) is 31.8 Å². The van der Waals surface area contributed by atoms with E-state index in [1.54, 1.807) is 47.4 Å². The van der Waals surface area contributed by atoms with Crippen molar-refractivity contribution in [3.8, 4) is 11.5 Å². The summed E-state index contributed by atoms with van der Waals surface area (Å²) in [6, 6.07) is 17.4. The van der Waals surface area contributed by atoms with Gasteiger partial charge in [0, 0.05) is 18.7 Å². The summed E-state index contributed by atoms with van der Waals surface area (Å²) < 4.78 is 23.9. The van der Waals surface area contributed by atoms with Crippen LogP contribution in [-0.4, -0.2) is 29.4 Å². The van der Waals surface area contributed by atoms with Crippen LogP contribution < -0.4 is 19.7 Å². The predicted molar refractivity (Wildman–Crippen MR) is 119 cm³/mol. The van der Waals surface area contributed by atoms with Crippen LogP contribution in [0.4, 0.5) is 5.69 Å². The Bertz CT molecular complexity index is 1270. The van der Waals surface area contributed by atoms with Crippen LogP contribution >= 0.6 is 0 Å². The lowest BCUT2D eigenvalue weighted by Gasteiger charge is -2.21. The van der Waals surface area contributed by atoms with Crippen molar-refractivity contribution < 1.29 is 23.3 Å². The Morgan fingerprint density at radius 3 is 2.69 bits per heavy atom. The van der Waals surface area contributed by atoms with E-state index < -0.39 is 10.8 Å². The number of hydrogen-bond donors (Lipinski definition) is 1. The van der Waals surface area contributed by atoms with Crippen molar-refractivity contribution in [2.24, 2.45) is 0 Å². The Morgan fingerprint density at radius 1 is 1.03 bits per heavy atom. The second-order valence-corrected chi connectivity index (χ2v) is 8.78. The van der Waals surface area contributed by atoms with E-state index in [0.717, 1.165) is 5.56 Å². The molecule has 8 heteroatoms. The number of hydrogen-bond acceptors (Lipinski definition) is 5. The molecule has 3 aromatic carbocycles. The zero-order valence-corrected chi connectivity index (χ0v) is 18.1. The first kappa shape index (κ1) is 20.3. The maximum atomic E-state index is 13.2. The van der Waals surface area contributed by atoms with Crippen molar-refractivity contribution >= 4 is 28.3 Å². The molecule has 1 atom stereocenters. The van der Waals surface area contributed by atoms with Gasteiger partial charge in [0.25, 0.3) is 11.8 Å². The van der Waals surface area contributed by atoms with E-state index in [1.807, 2.05) is 25.1 Å². The first-order valence-corrected chi connectivity index (χ1v) is 11.3. The van der Waals surface area contributed by atoms with E-state index in [9.17, 15) is 13.8 Å². The quantitative estimate of drug-likeness (QED) is 0.661. The van der Waals surface area contributed by atoms with Crippen molar-refractivity contribution in [3.63, 3.8) is 0 Å². The van der Waals surface area contributed by atoms with Crippen LogP contribution in [0.25, 0.3) is 0 Å². The largest absolute Gasteiger partial charge is 0.454 e. The molecule has 0 saturated heterocycles. The van der Waals surface area contributed by atoms with Crippen LogP contribution in [0.3, 0.4) is 0 Å². The number of carbonyl (C=O) groups is 2. The van der Waals surface area contributed by atoms with Gasteiger partial charge in [-0.25, -0.2) is 4.21 Å². The maximum absolute atomic E-state index is 13.2. The smallest absolute Gasteiger partial charge is 0.259 e. The molecule has 32 heavy (non-hydrogen) atoms. The SMILES string of the molecule is CCN1C(=O)c2ccccc2[S@](=O)c2ccc(C(=O)NCc3ccc4c(c3)OCO4)cc21. The van der Waals surface area contributed by atoms with Gasteiger partial charge >= 0.3 is 0 Å². The van der Waals surface area contributed by atoms with Gasteiger partial charge in [-0.15, -0.1) is 0 Å². The third-order valence-corrected chi connectivity index (χ3v) is 6.98. The number of fused-ring (bicyclic) bond motifs is 3. The van der Waals surface area contributed by atoms with Crippen LogP contribution in [0.15, 0.2) is 70.5 Å². The molecule has 0 unspecified atom stereocenters. The molecule has 0 saturated carbocycles. The van der Waals surface area contributed by atoms with Gasteiger partial charge < -0.3 is 19.7 Å². The van der Waals surface area contributed by atoms with Gasteiger partial charge in [-0.05, 0) is 55.0 Å². The summed E-state index contributed by atoms with van der Waals surface area (Å²) in [5.74, 6) is 0.819. The Morgan fingerprint density at radius 2 is 1.84 bits per heavy atom. The summed E-state index contributed by atoms with van der Waals surface area (Å²) in [6.07, 6.45) is 0. The molecule has 0 aromatic heterocycles. The second kappa shape index (κ2) is 8.12. The topological polar surface area (TPSA) is 84.9 Å². The van der Waals surface area contributed by atoms with Gasteiger partial charge in [0.2, 0.25) is 6.79 Å². The van der Waals surface area contributed by atoms with E-state index in [0.29, 0.717) is 51.2 Å². The van der Waals surface area contributed by atoms with Crippen LogP contribution in [0.1, 0.15) is 33.2 Å². The molecule has 2 aliphatic rings. The fourth-order valence-corrected chi connectivity index (χ4v) is 5.20. The van der Waals surface area contributed by atoms with Crippen LogP contribution in [0.5, 0.6) is 11.5 Å². The standard InChI is InChI=1S/C24H20N2O5S/c1-2-26-18-12-16(23(27)25-13-15-7-9-19-20(11-15)31-14-30-19)8-10-22(18)32(29)21-6-4-3-5-17(21)24(26)28/h3-12H,2,13-14H2,1H3,(H,25,27)/t32-/m0/s1. The minimum atomic E-state index is -1.53. The second-order valence-electron chi connectivity index (χ2n) is 7.37. The number of ether oxygens (including phenoxy) is 2. The molecule has 0 bridgehead atoms. The molecular weight excluding hydrogens is 428 g/mol. The van der Waals surface area contributed by atoms with Gasteiger partial charge in [0.1, 0.15) is 0 Å². The lowest BCUT2D eigenvalue weighted by Crippen LogP contribution is -2.31. The average molecular weight is 449 g/mol. The molecule has 2 amide bonds. The third-order valence-electron chi connectivity index (χ3n) is 5.48. The van der Waals surface area contributed by atoms with Crippen molar-refractivity contribution in [3.05, 3.63) is 77.4 Å². The Balaban J connectivity index is 1.42. The summed E-state index contributed by atoms with van der Waals surface area (Å²) in [5.41, 5.74) is 2.17. The number of anilines is 1. The first-order chi connectivity index (χ1) is 15.6. The van der Waals surface area contributed by atoms with E-state index in [2.05, 4.69) is 5.32 Å². The molecular formula is C24H20N2O5S. The molecule has 0 fully saturated rings. The number of nitrogens with one attached hydrogen (secondary N) is 1. The number of amides is 2. The fraction of sp³-hybridized carbons (Fsp3) is 0.167. The first-order valence-electron chi connectivity index (χ1n) is 10.2. The van der Waals surface area contributed by atoms with Gasteiger partial charge in [-0.1, -0.05) is 18.2 Å². The molecule has 162 valence electrons. The van der Waals surface area contributed by atoms with Crippen molar-refractivity contribution in [1.29, 1.82) is 0 Å². The van der Waals surface area contributed by atoms with E-state index in [1.165, 1.54) is 0 Å². The van der Waals surface area contributed by atoms with Crippen LogP contribution in [0, 0.1) is 0 Å². The molecule has 0 spiro atoms. The van der Waals surface area contributed by atoms with Crippen LogP contribution in [0.2, 0.25) is 0 Å². The molecule has 0 radical (unpaired) electrons. The highest BCUT2D eigenvalue weighted by Gasteiger charge is 2.30. The zero-order valence-electron chi connectivity index (χ0n) is 17.3. The summed E-state index contributed by atoms with van der Waals surface area (Å²) in [6.45, 7) is 2.74. The summed E-state index contributed by atoms with van der Waals surface area (Å²) in [5, 5.41) is 2.89. The number of carbonyl (C=O) groups excluding carboxylic acids is 2. The maximum Gasteiger partial charge on any atom is 0.259 e. The number of nitrogens with zero attached hydrogens (tertiary/aromatic N) is 1. The molecule has 2 heterocycles. The van der Waals surface area contributed by atoms with Gasteiger partial charge in [0.15, 0.2) is 11.5 Å². The highest BCUT2D eigenvalue weighted by molar-refractivity contribution is 7.85. The molecule has 0 aliphatic carbocycles. The summed E-state index contributed by atoms with van der Waals surface area (Å²) in [7, 11) is -1.53. The minimum Gasteiger partial charge on any atom is -0.454 e. The Kier molecular flexibility index (Phi) is 5.14. The third kappa shape index (κ3) is 3.42. The Labute approximate surface area is 187 Å². The lowest BCUT2D eigenvalue weighted by molar-refractivity contribution is 0.0947.